The summed E-state index contributed by atoms with van der Waals surface area (Å²) in [7, 11) is 1.27. The van der Waals surface area contributed by atoms with E-state index in [0.717, 1.165) is 16.5 Å². The maximum atomic E-state index is 14.4. The minimum absolute atomic E-state index is 0.0408. The van der Waals surface area contributed by atoms with Crippen LogP contribution in [0.5, 0.6) is 11.5 Å². The number of H-pyrrole nitrogens is 1. The lowest BCUT2D eigenvalue weighted by Crippen LogP contribution is -2.42. The monoisotopic (exact) mass is 459 g/mol. The van der Waals surface area contributed by atoms with Crippen LogP contribution in [0.4, 0.5) is 4.39 Å². The van der Waals surface area contributed by atoms with Gasteiger partial charge in [-0.25, -0.2) is 9.18 Å². The molecule has 1 amide bonds. The Bertz CT molecular complexity index is 1330. The first-order chi connectivity index (χ1) is 16.5. The van der Waals surface area contributed by atoms with Crippen LogP contribution in [-0.2, 0) is 20.7 Å². The maximum Gasteiger partial charge on any atom is 0.328 e. The van der Waals surface area contributed by atoms with Crippen molar-refractivity contribution in [3.63, 3.8) is 0 Å². The highest BCUT2D eigenvalue weighted by Gasteiger charge is 2.22. The van der Waals surface area contributed by atoms with E-state index < -0.39 is 23.7 Å². The quantitative estimate of drug-likeness (QED) is 0.301. The average Bonchev–Trinajstić information content (AvgIpc) is 3.27. The number of para-hydroxylation sites is 1. The van der Waals surface area contributed by atoms with Crippen LogP contribution < -0.4 is 10.1 Å². The molecule has 0 aliphatic carbocycles. The lowest BCUT2D eigenvalue weighted by molar-refractivity contribution is -0.144. The third-order valence-corrected chi connectivity index (χ3v) is 5.15. The molecule has 0 aliphatic heterocycles. The predicted octanol–water partition coefficient (Wildman–Crippen LogP) is 4.41. The van der Waals surface area contributed by atoms with E-state index in [1.165, 1.54) is 37.6 Å². The van der Waals surface area contributed by atoms with E-state index in [-0.39, 0.29) is 12.2 Å². The van der Waals surface area contributed by atoms with Gasteiger partial charge in [-0.2, -0.15) is 0 Å². The zero-order valence-corrected chi connectivity index (χ0v) is 18.3. The molecule has 2 aromatic heterocycles. The van der Waals surface area contributed by atoms with Crippen LogP contribution in [0.2, 0.25) is 0 Å². The van der Waals surface area contributed by atoms with Gasteiger partial charge < -0.3 is 19.8 Å². The second-order valence-electron chi connectivity index (χ2n) is 7.46. The normalized spacial score (nSPS) is 11.9. The van der Waals surface area contributed by atoms with Crippen LogP contribution in [0.1, 0.15) is 11.1 Å². The highest BCUT2D eigenvalue weighted by molar-refractivity contribution is 5.95. The van der Waals surface area contributed by atoms with Crippen molar-refractivity contribution < 1.29 is 23.5 Å². The van der Waals surface area contributed by atoms with Gasteiger partial charge in [-0.3, -0.25) is 9.78 Å². The molecule has 0 saturated carbocycles. The van der Waals surface area contributed by atoms with Crippen LogP contribution in [0.3, 0.4) is 0 Å². The van der Waals surface area contributed by atoms with E-state index in [1.807, 2.05) is 24.3 Å². The van der Waals surface area contributed by atoms with Gasteiger partial charge in [0.1, 0.15) is 11.8 Å². The van der Waals surface area contributed by atoms with Crippen LogP contribution in [0.25, 0.3) is 17.0 Å². The van der Waals surface area contributed by atoms with E-state index in [0.29, 0.717) is 11.3 Å². The number of ether oxygens (including phenoxy) is 2. The van der Waals surface area contributed by atoms with Crippen molar-refractivity contribution in [3.8, 4) is 11.5 Å². The molecular formula is C26H22FN3O4. The minimum atomic E-state index is -0.881. The molecule has 4 rings (SSSR count). The highest BCUT2D eigenvalue weighted by Crippen LogP contribution is 2.25. The number of benzene rings is 2. The summed E-state index contributed by atoms with van der Waals surface area (Å²) in [5.41, 5.74) is 2.27. The van der Waals surface area contributed by atoms with Crippen molar-refractivity contribution in [1.29, 1.82) is 0 Å². The number of halogens is 1. The first-order valence-corrected chi connectivity index (χ1v) is 10.5. The molecule has 0 unspecified atom stereocenters. The number of nitrogens with one attached hydrogen (secondary N) is 2. The Hall–Kier alpha value is -4.46. The van der Waals surface area contributed by atoms with Crippen LogP contribution in [-0.4, -0.2) is 35.0 Å². The standard InChI is InChI=1S/C26H22FN3O4/c1-33-26(32)23(14-18-15-29-22-7-3-2-6-20(18)22)30-25(31)11-9-17-8-10-24(21(27)13-17)34-19-5-4-12-28-16-19/h2-13,15-16,23,29H,14H2,1H3,(H,30,31)/b11-9+/t23-/m1/s1. The molecule has 0 aliphatic rings. The fraction of sp³-hybridized carbons (Fsp3) is 0.115. The Morgan fingerprint density at radius 1 is 1.18 bits per heavy atom. The number of hydrogen-bond acceptors (Lipinski definition) is 5. The van der Waals surface area contributed by atoms with Gasteiger partial charge in [0.15, 0.2) is 11.6 Å². The molecule has 0 fully saturated rings. The van der Waals surface area contributed by atoms with Crippen LogP contribution in [0.15, 0.2) is 79.3 Å². The number of aromatic amines is 1. The van der Waals surface area contributed by atoms with Gasteiger partial charge in [0.2, 0.25) is 5.91 Å². The van der Waals surface area contributed by atoms with Crippen LogP contribution >= 0.6 is 0 Å². The molecule has 2 heterocycles. The SMILES string of the molecule is COC(=O)[C@@H](Cc1c[nH]c2ccccc12)NC(=O)/C=C/c1ccc(Oc2cccnc2)c(F)c1. The molecule has 2 N–H and O–H groups in total. The summed E-state index contributed by atoms with van der Waals surface area (Å²) in [5.74, 6) is -1.20. The number of carbonyl (C=O) groups excluding carboxylic acids is 2. The van der Waals surface area contributed by atoms with E-state index in [9.17, 15) is 14.0 Å². The number of pyridine rings is 1. The Kier molecular flexibility index (Phi) is 6.98. The topological polar surface area (TPSA) is 93.3 Å². The number of amides is 1. The van der Waals surface area contributed by atoms with Crippen molar-refractivity contribution in [3.05, 3.63) is 96.2 Å². The number of rotatable bonds is 8. The zero-order chi connectivity index (χ0) is 23.9. The second kappa shape index (κ2) is 10.4. The van der Waals surface area contributed by atoms with Crippen molar-refractivity contribution >= 4 is 28.9 Å². The molecule has 8 heteroatoms. The number of methoxy groups -OCH3 is 1. The molecule has 2 aromatic carbocycles. The molecule has 172 valence electrons. The van der Waals surface area contributed by atoms with E-state index in [2.05, 4.69) is 15.3 Å². The molecule has 0 spiro atoms. The van der Waals surface area contributed by atoms with E-state index in [1.54, 1.807) is 30.6 Å². The molecule has 7 nitrogen and oxygen atoms in total. The first-order valence-electron chi connectivity index (χ1n) is 10.5. The van der Waals surface area contributed by atoms with Gasteiger partial charge in [-0.1, -0.05) is 24.3 Å². The Morgan fingerprint density at radius 2 is 2.03 bits per heavy atom. The van der Waals surface area contributed by atoms with Gasteiger partial charge in [0.05, 0.1) is 13.3 Å². The number of carbonyl (C=O) groups is 2. The van der Waals surface area contributed by atoms with E-state index >= 15 is 0 Å². The summed E-state index contributed by atoms with van der Waals surface area (Å²) in [6, 6.07) is 14.5. The summed E-state index contributed by atoms with van der Waals surface area (Å²) in [5, 5.41) is 3.62. The average molecular weight is 459 g/mol. The number of aromatic nitrogens is 2. The summed E-state index contributed by atoms with van der Waals surface area (Å²) in [6.45, 7) is 0. The minimum Gasteiger partial charge on any atom is -0.467 e. The summed E-state index contributed by atoms with van der Waals surface area (Å²) in [6.07, 6.45) is 7.82. The predicted molar refractivity (Wildman–Crippen MR) is 126 cm³/mol. The highest BCUT2D eigenvalue weighted by atomic mass is 19.1. The summed E-state index contributed by atoms with van der Waals surface area (Å²) < 4.78 is 24.7. The molecule has 34 heavy (non-hydrogen) atoms. The van der Waals surface area contributed by atoms with Crippen LogP contribution in [0, 0.1) is 5.82 Å². The molecule has 0 radical (unpaired) electrons. The third-order valence-electron chi connectivity index (χ3n) is 5.15. The first kappa shape index (κ1) is 22.7. The van der Waals surface area contributed by atoms with E-state index in [4.69, 9.17) is 9.47 Å². The van der Waals surface area contributed by atoms with Gasteiger partial charge in [-0.05, 0) is 47.5 Å². The maximum absolute atomic E-state index is 14.4. The lowest BCUT2D eigenvalue weighted by Gasteiger charge is -2.15. The third kappa shape index (κ3) is 5.47. The van der Waals surface area contributed by atoms with Gasteiger partial charge in [0, 0.05) is 35.8 Å². The van der Waals surface area contributed by atoms with Gasteiger partial charge >= 0.3 is 5.97 Å². The van der Waals surface area contributed by atoms with Crippen molar-refractivity contribution in [2.24, 2.45) is 0 Å². The Balaban J connectivity index is 1.42. The zero-order valence-electron chi connectivity index (χ0n) is 18.3. The van der Waals surface area contributed by atoms with Crippen molar-refractivity contribution in [2.75, 3.05) is 7.11 Å². The lowest BCUT2D eigenvalue weighted by atomic mass is 10.0. The molecule has 4 aromatic rings. The number of nitrogens with zero attached hydrogens (tertiary/aromatic N) is 1. The van der Waals surface area contributed by atoms with Crippen molar-refractivity contribution in [2.45, 2.75) is 12.5 Å². The smallest absolute Gasteiger partial charge is 0.328 e. The molecule has 0 bridgehead atoms. The number of esters is 1. The van der Waals surface area contributed by atoms with Gasteiger partial charge in [0.25, 0.3) is 0 Å². The molecular weight excluding hydrogens is 437 g/mol. The Labute approximate surface area is 195 Å². The number of hydrogen-bond donors (Lipinski definition) is 2. The number of fused-ring (bicyclic) bond motifs is 1. The molecule has 1 atom stereocenters. The molecule has 0 saturated heterocycles. The summed E-state index contributed by atoms with van der Waals surface area (Å²) in [4.78, 5) is 31.8. The second-order valence-corrected chi connectivity index (χ2v) is 7.46. The fourth-order valence-corrected chi connectivity index (χ4v) is 3.49. The fourth-order valence-electron chi connectivity index (χ4n) is 3.49. The Morgan fingerprint density at radius 3 is 2.79 bits per heavy atom. The van der Waals surface area contributed by atoms with Gasteiger partial charge in [-0.15, -0.1) is 0 Å². The van der Waals surface area contributed by atoms with Crippen molar-refractivity contribution in [1.82, 2.24) is 15.3 Å². The summed E-state index contributed by atoms with van der Waals surface area (Å²) >= 11 is 0. The largest absolute Gasteiger partial charge is 0.467 e.